The molecule has 1 aliphatic heterocycles. The fourth-order valence-corrected chi connectivity index (χ4v) is 3.29. The summed E-state index contributed by atoms with van der Waals surface area (Å²) in [6.07, 6.45) is 5.67. The molecule has 2 amide bonds. The van der Waals surface area contributed by atoms with E-state index in [4.69, 9.17) is 11.6 Å². The van der Waals surface area contributed by atoms with E-state index < -0.39 is 0 Å². The first-order chi connectivity index (χ1) is 12.5. The molecule has 7 heteroatoms. The minimum atomic E-state index is -0.118. The van der Waals surface area contributed by atoms with Crippen molar-refractivity contribution in [3.05, 3.63) is 47.2 Å². The number of benzene rings is 1. The number of likely N-dealkylation sites (tertiary alicyclic amines) is 1. The SMILES string of the molecule is CC(C)N1CCC(NC(=O)NCc2cnn(-c3ccc(Cl)cc3)c2)CC1. The molecule has 1 aromatic carbocycles. The summed E-state index contributed by atoms with van der Waals surface area (Å²) in [5.74, 6) is 0. The van der Waals surface area contributed by atoms with Crippen molar-refractivity contribution in [2.45, 2.75) is 45.3 Å². The van der Waals surface area contributed by atoms with Crippen LogP contribution in [0.25, 0.3) is 5.69 Å². The van der Waals surface area contributed by atoms with Crippen LogP contribution in [-0.2, 0) is 6.54 Å². The van der Waals surface area contributed by atoms with E-state index in [-0.39, 0.29) is 12.1 Å². The van der Waals surface area contributed by atoms with Gasteiger partial charge in [0.1, 0.15) is 0 Å². The molecule has 0 bridgehead atoms. The molecule has 0 aliphatic carbocycles. The van der Waals surface area contributed by atoms with Crippen molar-refractivity contribution in [2.24, 2.45) is 0 Å². The standard InChI is InChI=1S/C19H26ClN5O/c1-14(2)24-9-7-17(8-10-24)23-19(26)21-11-15-12-22-25(13-15)18-5-3-16(20)4-6-18/h3-6,12-14,17H,7-11H2,1-2H3,(H2,21,23,26). The number of nitrogens with one attached hydrogen (secondary N) is 2. The normalized spacial score (nSPS) is 16.0. The lowest BCUT2D eigenvalue weighted by Crippen LogP contribution is -2.49. The van der Waals surface area contributed by atoms with Gasteiger partial charge >= 0.3 is 6.03 Å². The van der Waals surface area contributed by atoms with Crippen LogP contribution < -0.4 is 10.6 Å². The lowest BCUT2D eigenvalue weighted by molar-refractivity contribution is 0.161. The van der Waals surface area contributed by atoms with Crippen LogP contribution in [0, 0.1) is 0 Å². The molecule has 140 valence electrons. The number of rotatable bonds is 5. The minimum absolute atomic E-state index is 0.118. The Hall–Kier alpha value is -2.05. The Morgan fingerprint density at radius 1 is 1.27 bits per heavy atom. The molecule has 3 rings (SSSR count). The zero-order valence-electron chi connectivity index (χ0n) is 15.3. The maximum atomic E-state index is 12.1. The van der Waals surface area contributed by atoms with Gasteiger partial charge in [0.2, 0.25) is 0 Å². The first-order valence-corrected chi connectivity index (χ1v) is 9.47. The van der Waals surface area contributed by atoms with Crippen molar-refractivity contribution < 1.29 is 4.79 Å². The van der Waals surface area contributed by atoms with Crippen molar-refractivity contribution in [1.82, 2.24) is 25.3 Å². The van der Waals surface area contributed by atoms with E-state index in [9.17, 15) is 4.79 Å². The number of halogens is 1. The Morgan fingerprint density at radius 3 is 2.62 bits per heavy atom. The first-order valence-electron chi connectivity index (χ1n) is 9.09. The van der Waals surface area contributed by atoms with E-state index in [1.165, 1.54) is 0 Å². The summed E-state index contributed by atoms with van der Waals surface area (Å²) in [7, 11) is 0. The van der Waals surface area contributed by atoms with Gasteiger partial charge in [-0.25, -0.2) is 9.48 Å². The highest BCUT2D eigenvalue weighted by atomic mass is 35.5. The summed E-state index contributed by atoms with van der Waals surface area (Å²) in [6.45, 7) is 6.95. The van der Waals surface area contributed by atoms with E-state index in [0.29, 0.717) is 17.6 Å². The third kappa shape index (κ3) is 4.99. The first kappa shape index (κ1) is 18.7. The average molecular weight is 376 g/mol. The molecular weight excluding hydrogens is 350 g/mol. The van der Waals surface area contributed by atoms with Gasteiger partial charge in [0.15, 0.2) is 0 Å². The van der Waals surface area contributed by atoms with Crippen molar-refractivity contribution in [3.8, 4) is 5.69 Å². The number of hydrogen-bond donors (Lipinski definition) is 2. The van der Waals surface area contributed by atoms with Crippen LogP contribution in [-0.4, -0.2) is 45.9 Å². The maximum absolute atomic E-state index is 12.1. The number of carbonyl (C=O) groups is 1. The molecule has 1 aromatic heterocycles. The van der Waals surface area contributed by atoms with Gasteiger partial charge in [0, 0.05) is 48.5 Å². The van der Waals surface area contributed by atoms with Crippen LogP contribution in [0.5, 0.6) is 0 Å². The summed E-state index contributed by atoms with van der Waals surface area (Å²) in [6, 6.07) is 8.17. The highest BCUT2D eigenvalue weighted by molar-refractivity contribution is 6.30. The van der Waals surface area contributed by atoms with Gasteiger partial charge in [-0.05, 0) is 51.0 Å². The van der Waals surface area contributed by atoms with Crippen molar-refractivity contribution in [3.63, 3.8) is 0 Å². The molecule has 0 unspecified atom stereocenters. The summed E-state index contributed by atoms with van der Waals surface area (Å²) < 4.78 is 1.77. The van der Waals surface area contributed by atoms with Gasteiger partial charge in [0.25, 0.3) is 0 Å². The van der Waals surface area contributed by atoms with E-state index in [1.54, 1.807) is 10.9 Å². The quantitative estimate of drug-likeness (QED) is 0.843. The van der Waals surface area contributed by atoms with Crippen LogP contribution in [0.2, 0.25) is 5.02 Å². The topological polar surface area (TPSA) is 62.2 Å². The van der Waals surface area contributed by atoms with Crippen LogP contribution in [0.3, 0.4) is 0 Å². The number of hydrogen-bond acceptors (Lipinski definition) is 3. The molecule has 0 radical (unpaired) electrons. The number of piperidine rings is 1. The summed E-state index contributed by atoms with van der Waals surface area (Å²) in [5.41, 5.74) is 1.88. The van der Waals surface area contributed by atoms with Crippen molar-refractivity contribution in [1.29, 1.82) is 0 Å². The third-order valence-corrected chi connectivity index (χ3v) is 5.03. The van der Waals surface area contributed by atoms with Gasteiger partial charge in [-0.2, -0.15) is 5.10 Å². The van der Waals surface area contributed by atoms with Gasteiger partial charge in [0.05, 0.1) is 11.9 Å². The molecule has 2 N–H and O–H groups in total. The molecular formula is C19H26ClN5O. The molecule has 2 aromatic rings. The summed E-state index contributed by atoms with van der Waals surface area (Å²) >= 11 is 5.91. The smallest absolute Gasteiger partial charge is 0.315 e. The average Bonchev–Trinajstić information content (AvgIpc) is 3.10. The lowest BCUT2D eigenvalue weighted by Gasteiger charge is -2.34. The zero-order valence-corrected chi connectivity index (χ0v) is 16.0. The Labute approximate surface area is 159 Å². The summed E-state index contributed by atoms with van der Waals surface area (Å²) in [4.78, 5) is 14.6. The third-order valence-electron chi connectivity index (χ3n) is 4.78. The van der Waals surface area contributed by atoms with E-state index in [2.05, 4.69) is 34.5 Å². The van der Waals surface area contributed by atoms with E-state index in [1.807, 2.05) is 30.5 Å². The van der Waals surface area contributed by atoms with Crippen molar-refractivity contribution >= 4 is 17.6 Å². The predicted octanol–water partition coefficient (Wildman–Crippen LogP) is 3.20. The number of carbonyl (C=O) groups excluding carboxylic acids is 1. The molecule has 1 fully saturated rings. The number of amides is 2. The molecule has 0 spiro atoms. The van der Waals surface area contributed by atoms with E-state index >= 15 is 0 Å². The highest BCUT2D eigenvalue weighted by Gasteiger charge is 2.21. The predicted molar refractivity (Wildman–Crippen MR) is 104 cm³/mol. The number of urea groups is 1. The Balaban J connectivity index is 1.44. The van der Waals surface area contributed by atoms with Crippen LogP contribution in [0.15, 0.2) is 36.7 Å². The monoisotopic (exact) mass is 375 g/mol. The van der Waals surface area contributed by atoms with Gasteiger partial charge in [-0.15, -0.1) is 0 Å². The lowest BCUT2D eigenvalue weighted by atomic mass is 10.0. The highest BCUT2D eigenvalue weighted by Crippen LogP contribution is 2.14. The fourth-order valence-electron chi connectivity index (χ4n) is 3.17. The van der Waals surface area contributed by atoms with Crippen molar-refractivity contribution in [2.75, 3.05) is 13.1 Å². The molecule has 1 saturated heterocycles. The minimum Gasteiger partial charge on any atom is -0.335 e. The van der Waals surface area contributed by atoms with Crippen LogP contribution in [0.1, 0.15) is 32.3 Å². The van der Waals surface area contributed by atoms with Crippen LogP contribution >= 0.6 is 11.6 Å². The Morgan fingerprint density at radius 2 is 1.96 bits per heavy atom. The molecule has 0 saturated carbocycles. The molecule has 1 aliphatic rings. The second-order valence-corrected chi connectivity index (χ2v) is 7.44. The van der Waals surface area contributed by atoms with E-state index in [0.717, 1.165) is 37.2 Å². The maximum Gasteiger partial charge on any atom is 0.315 e. The second-order valence-electron chi connectivity index (χ2n) is 7.00. The Bertz CT molecular complexity index is 720. The zero-order chi connectivity index (χ0) is 18.5. The molecule has 2 heterocycles. The summed E-state index contributed by atoms with van der Waals surface area (Å²) in [5, 5.41) is 11.0. The number of nitrogens with zero attached hydrogens (tertiary/aromatic N) is 3. The van der Waals surface area contributed by atoms with Gasteiger partial charge in [-0.1, -0.05) is 11.6 Å². The largest absolute Gasteiger partial charge is 0.335 e. The number of aromatic nitrogens is 2. The van der Waals surface area contributed by atoms with Gasteiger partial charge < -0.3 is 15.5 Å². The molecule has 6 nitrogen and oxygen atoms in total. The fraction of sp³-hybridized carbons (Fsp3) is 0.474. The Kier molecular flexibility index (Phi) is 6.16. The second kappa shape index (κ2) is 8.56. The van der Waals surface area contributed by atoms with Gasteiger partial charge in [-0.3, -0.25) is 0 Å². The molecule has 26 heavy (non-hydrogen) atoms. The molecule has 0 atom stereocenters. The van der Waals surface area contributed by atoms with Crippen LogP contribution in [0.4, 0.5) is 4.79 Å².